The van der Waals surface area contributed by atoms with E-state index in [2.05, 4.69) is 4.72 Å². The molecular weight excluding hydrogens is 398 g/mol. The van der Waals surface area contributed by atoms with Crippen molar-refractivity contribution in [1.82, 2.24) is 4.31 Å². The van der Waals surface area contributed by atoms with Crippen LogP contribution in [0.4, 0.5) is 5.69 Å². The molecule has 1 fully saturated rings. The van der Waals surface area contributed by atoms with E-state index in [0.29, 0.717) is 18.7 Å². The predicted octanol–water partition coefficient (Wildman–Crippen LogP) is 2.84. The van der Waals surface area contributed by atoms with Gasteiger partial charge in [-0.05, 0) is 55.7 Å². The Hall–Kier alpha value is -2.41. The summed E-state index contributed by atoms with van der Waals surface area (Å²) >= 11 is 0. The molecule has 3 rings (SSSR count). The Bertz CT molecular complexity index is 1130. The molecule has 0 bridgehead atoms. The highest BCUT2D eigenvalue weighted by Crippen LogP contribution is 2.27. The first-order chi connectivity index (χ1) is 13.2. The second kappa shape index (κ2) is 7.91. The molecule has 148 valence electrons. The molecular formula is C19H21N3O4S2. The van der Waals surface area contributed by atoms with Crippen LogP contribution in [-0.2, 0) is 20.0 Å². The van der Waals surface area contributed by atoms with Crippen molar-refractivity contribution in [3.63, 3.8) is 0 Å². The van der Waals surface area contributed by atoms with Crippen molar-refractivity contribution in [2.24, 2.45) is 0 Å². The summed E-state index contributed by atoms with van der Waals surface area (Å²) in [5, 5.41) is 8.96. The van der Waals surface area contributed by atoms with Crippen LogP contribution in [0.1, 0.15) is 30.4 Å². The third-order valence-electron chi connectivity index (χ3n) is 4.65. The normalized spacial score (nSPS) is 15.7. The van der Waals surface area contributed by atoms with E-state index in [1.54, 1.807) is 13.0 Å². The van der Waals surface area contributed by atoms with Crippen LogP contribution in [0.25, 0.3) is 0 Å². The van der Waals surface area contributed by atoms with Crippen LogP contribution in [0.5, 0.6) is 0 Å². The maximum Gasteiger partial charge on any atom is 0.261 e. The Morgan fingerprint density at radius 3 is 2.39 bits per heavy atom. The number of nitrogens with zero attached hydrogens (tertiary/aromatic N) is 2. The fourth-order valence-corrected chi connectivity index (χ4v) is 6.00. The highest BCUT2D eigenvalue weighted by Gasteiger charge is 2.28. The van der Waals surface area contributed by atoms with Gasteiger partial charge in [-0.1, -0.05) is 18.6 Å². The molecule has 1 N–H and O–H groups in total. The number of hydrogen-bond acceptors (Lipinski definition) is 5. The quantitative estimate of drug-likeness (QED) is 0.802. The van der Waals surface area contributed by atoms with Crippen molar-refractivity contribution in [2.75, 3.05) is 17.8 Å². The Labute approximate surface area is 165 Å². The Morgan fingerprint density at radius 2 is 1.71 bits per heavy atom. The summed E-state index contributed by atoms with van der Waals surface area (Å²) in [5.74, 6) is 0. The summed E-state index contributed by atoms with van der Waals surface area (Å²) in [6.07, 6.45) is 2.65. The minimum Gasteiger partial charge on any atom is -0.280 e. The fraction of sp³-hybridized carbons (Fsp3) is 0.316. The van der Waals surface area contributed by atoms with Crippen LogP contribution in [0, 0.1) is 18.3 Å². The number of rotatable bonds is 5. The molecule has 1 aliphatic rings. The van der Waals surface area contributed by atoms with E-state index in [1.807, 2.05) is 6.07 Å². The van der Waals surface area contributed by atoms with Crippen molar-refractivity contribution in [3.05, 3.63) is 53.6 Å². The summed E-state index contributed by atoms with van der Waals surface area (Å²) in [6, 6.07) is 12.0. The van der Waals surface area contributed by atoms with Gasteiger partial charge in [-0.3, -0.25) is 4.72 Å². The minimum atomic E-state index is -3.96. The number of aryl methyl sites for hydroxylation is 1. The highest BCUT2D eigenvalue weighted by molar-refractivity contribution is 7.92. The zero-order valence-electron chi connectivity index (χ0n) is 15.4. The van der Waals surface area contributed by atoms with Gasteiger partial charge in [0.2, 0.25) is 10.0 Å². The molecule has 9 heteroatoms. The molecule has 0 unspecified atom stereocenters. The van der Waals surface area contributed by atoms with Gasteiger partial charge in [0.05, 0.1) is 27.1 Å². The zero-order valence-corrected chi connectivity index (χ0v) is 17.1. The van der Waals surface area contributed by atoms with Crippen molar-refractivity contribution >= 4 is 25.7 Å². The number of piperidine rings is 1. The lowest BCUT2D eigenvalue weighted by atomic mass is 10.2. The minimum absolute atomic E-state index is 0.0624. The fourth-order valence-electron chi connectivity index (χ4n) is 3.13. The molecule has 0 amide bonds. The number of hydrogen-bond donors (Lipinski definition) is 1. The van der Waals surface area contributed by atoms with Crippen molar-refractivity contribution < 1.29 is 16.8 Å². The van der Waals surface area contributed by atoms with E-state index in [1.165, 1.54) is 40.7 Å². The largest absolute Gasteiger partial charge is 0.280 e. The molecule has 7 nitrogen and oxygen atoms in total. The molecule has 0 saturated carbocycles. The average molecular weight is 420 g/mol. The second-order valence-corrected chi connectivity index (χ2v) is 10.3. The second-order valence-electron chi connectivity index (χ2n) is 6.69. The lowest BCUT2D eigenvalue weighted by Crippen LogP contribution is -2.36. The summed E-state index contributed by atoms with van der Waals surface area (Å²) < 4.78 is 55.1. The van der Waals surface area contributed by atoms with Gasteiger partial charge in [0, 0.05) is 13.1 Å². The lowest BCUT2D eigenvalue weighted by Gasteiger charge is -2.26. The first-order valence-corrected chi connectivity index (χ1v) is 11.8. The maximum atomic E-state index is 13.0. The van der Waals surface area contributed by atoms with Crippen LogP contribution >= 0.6 is 0 Å². The molecule has 1 saturated heterocycles. The molecule has 0 spiro atoms. The summed E-state index contributed by atoms with van der Waals surface area (Å²) in [5.41, 5.74) is 0.934. The van der Waals surface area contributed by atoms with E-state index in [-0.39, 0.29) is 21.0 Å². The highest BCUT2D eigenvalue weighted by atomic mass is 32.2. The molecule has 2 aromatic rings. The molecule has 0 aliphatic carbocycles. The summed E-state index contributed by atoms with van der Waals surface area (Å²) in [7, 11) is -7.65. The van der Waals surface area contributed by atoms with Gasteiger partial charge in [-0.25, -0.2) is 16.8 Å². The molecule has 0 atom stereocenters. The smallest absolute Gasteiger partial charge is 0.261 e. The van der Waals surface area contributed by atoms with E-state index in [4.69, 9.17) is 5.26 Å². The molecule has 2 aromatic carbocycles. The topological polar surface area (TPSA) is 107 Å². The summed E-state index contributed by atoms with van der Waals surface area (Å²) in [6.45, 7) is 2.63. The Kier molecular flexibility index (Phi) is 5.74. The molecule has 1 heterocycles. The van der Waals surface area contributed by atoms with Crippen molar-refractivity contribution in [3.8, 4) is 6.07 Å². The van der Waals surface area contributed by atoms with Crippen molar-refractivity contribution in [2.45, 2.75) is 36.0 Å². The first-order valence-electron chi connectivity index (χ1n) is 8.88. The maximum absolute atomic E-state index is 13.0. The van der Waals surface area contributed by atoms with Gasteiger partial charge in [-0.2, -0.15) is 9.57 Å². The van der Waals surface area contributed by atoms with Gasteiger partial charge in [0.25, 0.3) is 10.0 Å². The lowest BCUT2D eigenvalue weighted by molar-refractivity contribution is 0.346. The van der Waals surface area contributed by atoms with Gasteiger partial charge in [0.15, 0.2) is 0 Å². The molecule has 28 heavy (non-hydrogen) atoms. The standard InChI is InChI=1S/C19H21N3O4S2/c1-15-8-9-17(13-19(15)28(25,26)22-10-3-2-4-11-22)21-27(23,24)18-7-5-6-16(12-18)14-20/h5-9,12-13,21H,2-4,10-11H2,1H3. The number of sulfonamides is 2. The van der Waals surface area contributed by atoms with Gasteiger partial charge < -0.3 is 0 Å². The molecule has 1 aliphatic heterocycles. The Morgan fingerprint density at radius 1 is 1.00 bits per heavy atom. The molecule has 0 aromatic heterocycles. The van der Waals surface area contributed by atoms with Crippen LogP contribution in [0.2, 0.25) is 0 Å². The van der Waals surface area contributed by atoms with Crippen molar-refractivity contribution in [1.29, 1.82) is 5.26 Å². The number of benzene rings is 2. The average Bonchev–Trinajstić information content (AvgIpc) is 2.70. The number of anilines is 1. The van der Waals surface area contributed by atoms with Gasteiger partial charge in [0.1, 0.15) is 0 Å². The first kappa shape index (κ1) is 20.3. The Balaban J connectivity index is 1.94. The third-order valence-corrected chi connectivity index (χ3v) is 8.07. The molecule has 0 radical (unpaired) electrons. The SMILES string of the molecule is Cc1ccc(NS(=O)(=O)c2cccc(C#N)c2)cc1S(=O)(=O)N1CCCCC1. The summed E-state index contributed by atoms with van der Waals surface area (Å²) in [4.78, 5) is 0.0351. The zero-order chi connectivity index (χ0) is 20.4. The third kappa shape index (κ3) is 4.19. The van der Waals surface area contributed by atoms with Crippen LogP contribution < -0.4 is 4.72 Å². The van der Waals surface area contributed by atoms with Crippen LogP contribution in [-0.4, -0.2) is 34.2 Å². The number of nitrogens with one attached hydrogen (secondary N) is 1. The van der Waals surface area contributed by atoms with E-state index in [9.17, 15) is 16.8 Å². The predicted molar refractivity (Wildman–Crippen MR) is 106 cm³/mol. The van der Waals surface area contributed by atoms with E-state index < -0.39 is 20.0 Å². The monoisotopic (exact) mass is 419 g/mol. The van der Waals surface area contributed by atoms with Crippen LogP contribution in [0.15, 0.2) is 52.3 Å². The van der Waals surface area contributed by atoms with Gasteiger partial charge in [-0.15, -0.1) is 0 Å². The van der Waals surface area contributed by atoms with Gasteiger partial charge >= 0.3 is 0 Å². The van der Waals surface area contributed by atoms with E-state index >= 15 is 0 Å². The van der Waals surface area contributed by atoms with E-state index in [0.717, 1.165) is 19.3 Å². The van der Waals surface area contributed by atoms with Crippen LogP contribution in [0.3, 0.4) is 0 Å². The number of nitriles is 1.